The average Bonchev–Trinajstić information content (AvgIpc) is 2.46. The minimum atomic E-state index is -0.361. The highest BCUT2D eigenvalue weighted by atomic mass is 16.6. The molecule has 104 valence electrons. The van der Waals surface area contributed by atoms with Crippen molar-refractivity contribution >= 4 is 5.69 Å². The summed E-state index contributed by atoms with van der Waals surface area (Å²) in [5.41, 5.74) is 7.03. The molecule has 1 aromatic carbocycles. The molecule has 1 aliphatic heterocycles. The number of hydrogen-bond donors (Lipinski definition) is 1. The summed E-state index contributed by atoms with van der Waals surface area (Å²) in [5.74, 6) is 0.578. The van der Waals surface area contributed by atoms with Crippen molar-refractivity contribution in [1.82, 2.24) is 4.90 Å². The number of nitrogens with zero attached hydrogens (tertiary/aromatic N) is 2. The largest absolute Gasteiger partial charge is 0.330 e. The Labute approximate surface area is 113 Å². The van der Waals surface area contributed by atoms with Crippen LogP contribution in [0.15, 0.2) is 24.3 Å². The molecule has 1 heterocycles. The van der Waals surface area contributed by atoms with Crippen molar-refractivity contribution in [1.29, 1.82) is 0 Å². The molecular weight excluding hydrogens is 242 g/mol. The molecule has 19 heavy (non-hydrogen) atoms. The van der Waals surface area contributed by atoms with E-state index in [1.165, 1.54) is 12.8 Å². The Bertz CT molecular complexity index is 433. The monoisotopic (exact) mass is 263 g/mol. The lowest BCUT2D eigenvalue weighted by atomic mass is 9.95. The van der Waals surface area contributed by atoms with Gasteiger partial charge in [0.05, 0.1) is 4.92 Å². The topological polar surface area (TPSA) is 72.4 Å². The number of nitro groups is 1. The van der Waals surface area contributed by atoms with E-state index in [1.54, 1.807) is 12.1 Å². The molecule has 1 saturated heterocycles. The second-order valence-electron chi connectivity index (χ2n) is 5.26. The maximum Gasteiger partial charge on any atom is 0.269 e. The second-order valence-corrected chi connectivity index (χ2v) is 5.26. The fourth-order valence-corrected chi connectivity index (χ4v) is 2.73. The van der Waals surface area contributed by atoms with E-state index in [2.05, 4.69) is 11.8 Å². The van der Waals surface area contributed by atoms with Gasteiger partial charge in [-0.3, -0.25) is 15.0 Å². The fourth-order valence-electron chi connectivity index (χ4n) is 2.73. The van der Waals surface area contributed by atoms with Crippen LogP contribution in [-0.4, -0.2) is 29.5 Å². The summed E-state index contributed by atoms with van der Waals surface area (Å²) >= 11 is 0. The smallest absolute Gasteiger partial charge is 0.269 e. The van der Waals surface area contributed by atoms with Crippen LogP contribution in [0.2, 0.25) is 0 Å². The first-order chi connectivity index (χ1) is 9.11. The molecule has 2 N–H and O–H groups in total. The summed E-state index contributed by atoms with van der Waals surface area (Å²) in [4.78, 5) is 12.7. The summed E-state index contributed by atoms with van der Waals surface area (Å²) in [6.45, 7) is 4.99. The van der Waals surface area contributed by atoms with Gasteiger partial charge in [-0.1, -0.05) is 12.1 Å². The van der Waals surface area contributed by atoms with E-state index in [0.717, 1.165) is 25.2 Å². The van der Waals surface area contributed by atoms with E-state index < -0.39 is 0 Å². The van der Waals surface area contributed by atoms with Crippen molar-refractivity contribution in [3.63, 3.8) is 0 Å². The molecule has 0 bridgehead atoms. The van der Waals surface area contributed by atoms with Gasteiger partial charge in [-0.25, -0.2) is 0 Å². The molecule has 2 atom stereocenters. The zero-order chi connectivity index (χ0) is 13.8. The molecule has 2 unspecified atom stereocenters. The number of piperidine rings is 1. The third-order valence-electron chi connectivity index (χ3n) is 4.02. The standard InChI is InChI=1S/C14H21N3O2/c1-11(16-8-2-3-12(9-15)10-16)13-4-6-14(7-5-13)17(18)19/h4-7,11-12H,2-3,8-10,15H2,1H3. The van der Waals surface area contributed by atoms with Gasteiger partial charge in [0.25, 0.3) is 5.69 Å². The van der Waals surface area contributed by atoms with Crippen LogP contribution in [0.4, 0.5) is 5.69 Å². The molecule has 0 aromatic heterocycles. The SMILES string of the molecule is CC(c1ccc([N+](=O)[O-])cc1)N1CCCC(CN)C1. The molecule has 0 amide bonds. The van der Waals surface area contributed by atoms with Crippen LogP contribution in [0.5, 0.6) is 0 Å². The first-order valence-corrected chi connectivity index (χ1v) is 6.80. The Kier molecular flexibility index (Phi) is 4.50. The van der Waals surface area contributed by atoms with Gasteiger partial charge < -0.3 is 5.73 Å². The molecule has 0 aliphatic carbocycles. The number of likely N-dealkylation sites (tertiary alicyclic amines) is 1. The highest BCUT2D eigenvalue weighted by Gasteiger charge is 2.23. The normalized spacial score (nSPS) is 22.1. The highest BCUT2D eigenvalue weighted by molar-refractivity contribution is 5.34. The number of hydrogen-bond acceptors (Lipinski definition) is 4. The van der Waals surface area contributed by atoms with Crippen LogP contribution >= 0.6 is 0 Å². The van der Waals surface area contributed by atoms with Crippen LogP contribution < -0.4 is 5.73 Å². The van der Waals surface area contributed by atoms with E-state index in [9.17, 15) is 10.1 Å². The summed E-state index contributed by atoms with van der Waals surface area (Å²) in [6, 6.07) is 7.16. The first kappa shape index (κ1) is 14.0. The summed E-state index contributed by atoms with van der Waals surface area (Å²) in [6.07, 6.45) is 2.39. The number of rotatable bonds is 4. The highest BCUT2D eigenvalue weighted by Crippen LogP contribution is 2.27. The summed E-state index contributed by atoms with van der Waals surface area (Å²) in [5, 5.41) is 10.6. The van der Waals surface area contributed by atoms with Crippen LogP contribution in [0.25, 0.3) is 0 Å². The zero-order valence-electron chi connectivity index (χ0n) is 11.3. The lowest BCUT2D eigenvalue weighted by Crippen LogP contribution is -2.39. The lowest BCUT2D eigenvalue weighted by molar-refractivity contribution is -0.384. The van der Waals surface area contributed by atoms with Gasteiger partial charge in [0.15, 0.2) is 0 Å². The molecule has 5 nitrogen and oxygen atoms in total. The van der Waals surface area contributed by atoms with E-state index in [4.69, 9.17) is 5.73 Å². The molecule has 0 spiro atoms. The predicted octanol–water partition coefficient (Wildman–Crippen LogP) is 2.33. The van der Waals surface area contributed by atoms with Crippen molar-refractivity contribution < 1.29 is 4.92 Å². The summed E-state index contributed by atoms with van der Waals surface area (Å²) in [7, 11) is 0. The summed E-state index contributed by atoms with van der Waals surface area (Å²) < 4.78 is 0. The van der Waals surface area contributed by atoms with E-state index in [0.29, 0.717) is 5.92 Å². The van der Waals surface area contributed by atoms with Crippen molar-refractivity contribution in [2.24, 2.45) is 11.7 Å². The van der Waals surface area contributed by atoms with Gasteiger partial charge in [-0.2, -0.15) is 0 Å². The van der Waals surface area contributed by atoms with E-state index in [-0.39, 0.29) is 16.7 Å². The molecule has 2 rings (SSSR count). The molecule has 0 radical (unpaired) electrons. The molecule has 1 aliphatic rings. The van der Waals surface area contributed by atoms with Gasteiger partial charge >= 0.3 is 0 Å². The quantitative estimate of drug-likeness (QED) is 0.668. The average molecular weight is 263 g/mol. The maximum atomic E-state index is 10.6. The lowest BCUT2D eigenvalue weighted by Gasteiger charge is -2.36. The number of nitro benzene ring substituents is 1. The zero-order valence-corrected chi connectivity index (χ0v) is 11.3. The van der Waals surface area contributed by atoms with Gasteiger partial charge in [-0.15, -0.1) is 0 Å². The van der Waals surface area contributed by atoms with Crippen LogP contribution in [0.1, 0.15) is 31.4 Å². The van der Waals surface area contributed by atoms with Gasteiger partial charge in [0.2, 0.25) is 0 Å². The Morgan fingerprint density at radius 1 is 1.47 bits per heavy atom. The second kappa shape index (κ2) is 6.12. The van der Waals surface area contributed by atoms with E-state index in [1.807, 2.05) is 12.1 Å². The molecule has 5 heteroatoms. The van der Waals surface area contributed by atoms with Gasteiger partial charge in [0, 0.05) is 24.7 Å². The molecule has 0 saturated carbocycles. The van der Waals surface area contributed by atoms with Crippen LogP contribution in [0.3, 0.4) is 0 Å². The first-order valence-electron chi connectivity index (χ1n) is 6.80. The van der Waals surface area contributed by atoms with E-state index >= 15 is 0 Å². The molecular formula is C14H21N3O2. The minimum Gasteiger partial charge on any atom is -0.330 e. The van der Waals surface area contributed by atoms with Gasteiger partial charge in [-0.05, 0) is 44.3 Å². The number of nitrogens with two attached hydrogens (primary N) is 1. The Balaban J connectivity index is 2.06. The Morgan fingerprint density at radius 3 is 2.74 bits per heavy atom. The predicted molar refractivity (Wildman–Crippen MR) is 74.9 cm³/mol. The van der Waals surface area contributed by atoms with Crippen LogP contribution in [-0.2, 0) is 0 Å². The third kappa shape index (κ3) is 3.30. The van der Waals surface area contributed by atoms with Crippen molar-refractivity contribution in [3.05, 3.63) is 39.9 Å². The molecule has 1 fully saturated rings. The maximum absolute atomic E-state index is 10.6. The van der Waals surface area contributed by atoms with Crippen LogP contribution in [0, 0.1) is 16.0 Å². The van der Waals surface area contributed by atoms with Crippen molar-refractivity contribution in [2.75, 3.05) is 19.6 Å². The fraction of sp³-hybridized carbons (Fsp3) is 0.571. The number of benzene rings is 1. The Morgan fingerprint density at radius 2 is 2.16 bits per heavy atom. The van der Waals surface area contributed by atoms with Gasteiger partial charge in [0.1, 0.15) is 0 Å². The van der Waals surface area contributed by atoms with Crippen molar-refractivity contribution in [3.8, 4) is 0 Å². The third-order valence-corrected chi connectivity index (χ3v) is 4.02. The Hall–Kier alpha value is -1.46. The van der Waals surface area contributed by atoms with Crippen molar-refractivity contribution in [2.45, 2.75) is 25.8 Å². The number of non-ortho nitro benzene ring substituents is 1. The molecule has 1 aromatic rings. The minimum absolute atomic E-state index is 0.148.